The van der Waals surface area contributed by atoms with E-state index < -0.39 is 0 Å². The fourth-order valence-corrected chi connectivity index (χ4v) is 13.6. The molecular formula is C66H50F2N2O2. The van der Waals surface area contributed by atoms with Crippen molar-refractivity contribution in [3.63, 3.8) is 0 Å². The molecule has 2 saturated carbocycles. The lowest BCUT2D eigenvalue weighted by Gasteiger charge is -2.37. The molecule has 4 nitrogen and oxygen atoms in total. The molecule has 4 heterocycles. The van der Waals surface area contributed by atoms with Crippen molar-refractivity contribution in [1.82, 2.24) is 9.13 Å². The second-order valence-corrected chi connectivity index (χ2v) is 20.5. The van der Waals surface area contributed by atoms with Crippen LogP contribution in [0.15, 0.2) is 179 Å². The van der Waals surface area contributed by atoms with E-state index in [1.54, 1.807) is 24.3 Å². The predicted octanol–water partition coefficient (Wildman–Crippen LogP) is 19.4. The maximum Gasteiger partial charge on any atom is 0.145 e. The zero-order valence-electron chi connectivity index (χ0n) is 39.9. The van der Waals surface area contributed by atoms with Gasteiger partial charge < -0.3 is 18.0 Å². The predicted molar refractivity (Wildman–Crippen MR) is 292 cm³/mol. The van der Waals surface area contributed by atoms with Crippen LogP contribution in [0, 0.1) is 11.6 Å². The number of nitrogens with zero attached hydrogens (tertiary/aromatic N) is 2. The van der Waals surface area contributed by atoms with Crippen molar-refractivity contribution in [2.45, 2.75) is 76.0 Å². The number of furan rings is 2. The van der Waals surface area contributed by atoms with Gasteiger partial charge in [0.05, 0.1) is 44.2 Å². The molecule has 4 aromatic heterocycles. The summed E-state index contributed by atoms with van der Waals surface area (Å²) >= 11 is 0. The molecular weight excluding hydrogens is 891 g/mol. The largest absolute Gasteiger partial charge is 0.455 e. The molecule has 0 radical (unpaired) electrons. The molecule has 350 valence electrons. The zero-order chi connectivity index (χ0) is 47.6. The average Bonchev–Trinajstić information content (AvgIpc) is 4.18. The van der Waals surface area contributed by atoms with Gasteiger partial charge in [-0.25, -0.2) is 8.78 Å². The van der Waals surface area contributed by atoms with E-state index in [1.165, 1.54) is 24.0 Å². The summed E-state index contributed by atoms with van der Waals surface area (Å²) < 4.78 is 51.8. The van der Waals surface area contributed by atoms with Crippen LogP contribution in [-0.4, -0.2) is 9.13 Å². The zero-order valence-corrected chi connectivity index (χ0v) is 39.9. The molecule has 0 aliphatic heterocycles. The van der Waals surface area contributed by atoms with Crippen LogP contribution < -0.4 is 0 Å². The fraction of sp³-hybridized carbons (Fsp3) is 0.182. The Morgan fingerprint density at radius 1 is 0.361 bits per heavy atom. The Balaban J connectivity index is 1.22. The molecule has 0 spiro atoms. The van der Waals surface area contributed by atoms with Gasteiger partial charge in [0.2, 0.25) is 0 Å². The van der Waals surface area contributed by atoms with Crippen LogP contribution in [0.4, 0.5) is 8.78 Å². The summed E-state index contributed by atoms with van der Waals surface area (Å²) in [7, 11) is 0. The van der Waals surface area contributed by atoms with Gasteiger partial charge in [0, 0.05) is 43.4 Å². The first-order valence-corrected chi connectivity index (χ1v) is 26.0. The van der Waals surface area contributed by atoms with Gasteiger partial charge in [-0.15, -0.1) is 0 Å². The summed E-state index contributed by atoms with van der Waals surface area (Å²) in [6, 6.07) is 57.6. The quantitative estimate of drug-likeness (QED) is 0.167. The van der Waals surface area contributed by atoms with Crippen LogP contribution >= 0.6 is 0 Å². The first-order chi connectivity index (χ1) is 35.6. The maximum atomic E-state index is 16.5. The molecule has 0 N–H and O–H groups in total. The van der Waals surface area contributed by atoms with Gasteiger partial charge in [0.1, 0.15) is 34.0 Å². The second-order valence-electron chi connectivity index (χ2n) is 20.5. The van der Waals surface area contributed by atoms with Crippen molar-refractivity contribution in [2.24, 2.45) is 0 Å². The van der Waals surface area contributed by atoms with Gasteiger partial charge in [0.15, 0.2) is 0 Å². The van der Waals surface area contributed by atoms with Crippen molar-refractivity contribution < 1.29 is 17.6 Å². The summed E-state index contributed by atoms with van der Waals surface area (Å²) in [5, 5.41) is 8.58. The summed E-state index contributed by atoms with van der Waals surface area (Å²) in [6.45, 7) is 0. The normalized spacial score (nSPS) is 15.2. The van der Waals surface area contributed by atoms with E-state index in [9.17, 15) is 0 Å². The number of aromatic nitrogens is 2. The van der Waals surface area contributed by atoms with Gasteiger partial charge in [-0.3, -0.25) is 0 Å². The van der Waals surface area contributed by atoms with Crippen LogP contribution in [0.3, 0.4) is 0 Å². The Bertz CT molecular complexity index is 4250. The minimum atomic E-state index is -0.298. The van der Waals surface area contributed by atoms with Crippen LogP contribution in [0.5, 0.6) is 0 Å². The molecule has 2 fully saturated rings. The third-order valence-corrected chi connectivity index (χ3v) is 16.6. The van der Waals surface area contributed by atoms with Gasteiger partial charge in [0.25, 0.3) is 0 Å². The molecule has 0 amide bonds. The molecule has 2 aliphatic carbocycles. The van der Waals surface area contributed by atoms with Crippen LogP contribution in [0.25, 0.3) is 121 Å². The number of fused-ring (bicyclic) bond motifs is 14. The molecule has 0 bridgehead atoms. The maximum absolute atomic E-state index is 16.5. The highest BCUT2D eigenvalue weighted by Gasteiger charge is 2.38. The number of halogens is 2. The van der Waals surface area contributed by atoms with E-state index in [-0.39, 0.29) is 23.5 Å². The lowest BCUT2D eigenvalue weighted by Crippen LogP contribution is -2.20. The monoisotopic (exact) mass is 940 g/mol. The number of hydrogen-bond donors (Lipinski definition) is 0. The lowest BCUT2D eigenvalue weighted by atomic mass is 9.72. The topological polar surface area (TPSA) is 36.1 Å². The summed E-state index contributed by atoms with van der Waals surface area (Å²) in [6.07, 6.45) is 10.7. The molecule has 0 saturated heterocycles. The van der Waals surface area contributed by atoms with E-state index in [1.807, 2.05) is 30.3 Å². The Morgan fingerprint density at radius 2 is 0.778 bits per heavy atom. The Morgan fingerprint density at radius 3 is 1.24 bits per heavy atom. The molecule has 9 aromatic carbocycles. The molecule has 15 rings (SSSR count). The highest BCUT2D eigenvalue weighted by Crippen LogP contribution is 2.57. The number of para-hydroxylation sites is 4. The lowest BCUT2D eigenvalue weighted by molar-refractivity contribution is 0.435. The second kappa shape index (κ2) is 16.3. The fourth-order valence-electron chi connectivity index (χ4n) is 13.6. The van der Waals surface area contributed by atoms with E-state index in [4.69, 9.17) is 8.83 Å². The van der Waals surface area contributed by atoms with Crippen molar-refractivity contribution in [3.8, 4) is 33.6 Å². The highest BCUT2D eigenvalue weighted by atomic mass is 19.1. The van der Waals surface area contributed by atoms with Crippen molar-refractivity contribution in [3.05, 3.63) is 193 Å². The Hall–Kier alpha value is -7.96. The molecule has 2 aliphatic rings. The van der Waals surface area contributed by atoms with Gasteiger partial charge >= 0.3 is 0 Å². The molecule has 0 unspecified atom stereocenters. The summed E-state index contributed by atoms with van der Waals surface area (Å²) in [5.74, 6) is -0.325. The van der Waals surface area contributed by atoms with Crippen LogP contribution in [-0.2, 0) is 0 Å². The van der Waals surface area contributed by atoms with Crippen LogP contribution in [0.1, 0.15) is 87.2 Å². The highest BCUT2D eigenvalue weighted by molar-refractivity contribution is 6.26. The van der Waals surface area contributed by atoms with Crippen molar-refractivity contribution in [1.29, 1.82) is 0 Å². The summed E-state index contributed by atoms with van der Waals surface area (Å²) in [4.78, 5) is 0. The average molecular weight is 941 g/mol. The third kappa shape index (κ3) is 6.14. The van der Waals surface area contributed by atoms with E-state index in [0.717, 1.165) is 172 Å². The molecule has 0 atom stereocenters. The van der Waals surface area contributed by atoms with Gasteiger partial charge in [-0.05, 0) is 133 Å². The van der Waals surface area contributed by atoms with E-state index in [0.29, 0.717) is 0 Å². The molecule has 72 heavy (non-hydrogen) atoms. The standard InChI is InChI=1S/C66H50F2N2O2/c67-43-23-15-21-41(37-43)59-57(39-17-3-1-4-18-39)63(69-51-29-11-7-27-49(51)61-53(69)35-33-47-45-25-9-13-31-55(45)71-65(47)61)58(40-19-5-2-6-20-40)60(42-22-16-24-44(68)38-42)64(59)70-52-30-12-8-28-50(52)62-54(70)36-34-48-46-26-10-14-32-56(46)72-66(48)62/h7-16,21-40H,1-6,17-20H2. The molecule has 6 heteroatoms. The first-order valence-electron chi connectivity index (χ1n) is 26.0. The van der Waals surface area contributed by atoms with Crippen molar-refractivity contribution in [2.75, 3.05) is 0 Å². The Kier molecular flexibility index (Phi) is 9.46. The number of rotatable bonds is 6. The first kappa shape index (κ1) is 41.8. The third-order valence-electron chi connectivity index (χ3n) is 16.6. The Labute approximate surface area is 414 Å². The smallest absolute Gasteiger partial charge is 0.145 e. The SMILES string of the molecule is Fc1cccc(-c2c(C3CCCCC3)c(-n3c4ccccc4c4c5oc6ccccc6c5ccc43)c(C3CCCCC3)c(-c3cccc(F)c3)c2-n2c3ccccc3c3c4oc5ccccc5c4ccc32)c1. The number of hydrogen-bond acceptors (Lipinski definition) is 2. The molecule has 13 aromatic rings. The van der Waals surface area contributed by atoms with Crippen molar-refractivity contribution >= 4 is 87.5 Å². The van der Waals surface area contributed by atoms with E-state index in [2.05, 4.69) is 124 Å². The summed E-state index contributed by atoms with van der Waals surface area (Å²) in [5.41, 5.74) is 15.7. The minimum absolute atomic E-state index is 0.135. The van der Waals surface area contributed by atoms with Gasteiger partial charge in [-0.2, -0.15) is 0 Å². The van der Waals surface area contributed by atoms with Crippen LogP contribution in [0.2, 0.25) is 0 Å². The number of benzene rings is 9. The van der Waals surface area contributed by atoms with E-state index >= 15 is 8.78 Å². The minimum Gasteiger partial charge on any atom is -0.455 e. The van der Waals surface area contributed by atoms with Gasteiger partial charge in [-0.1, -0.05) is 136 Å².